The van der Waals surface area contributed by atoms with Crippen molar-refractivity contribution in [2.45, 2.75) is 6.54 Å². The first-order valence-corrected chi connectivity index (χ1v) is 10.3. The van der Waals surface area contributed by atoms with Gasteiger partial charge in [0.25, 0.3) is 11.5 Å². The molecule has 0 fully saturated rings. The lowest BCUT2D eigenvalue weighted by Crippen LogP contribution is -2.24. The number of hydrogen-bond donors (Lipinski definition) is 2. The molecule has 1 aromatic heterocycles. The van der Waals surface area contributed by atoms with Crippen molar-refractivity contribution in [3.05, 3.63) is 104 Å². The summed E-state index contributed by atoms with van der Waals surface area (Å²) in [6.45, 7) is 0.224. The zero-order valence-electron chi connectivity index (χ0n) is 17.4. The van der Waals surface area contributed by atoms with Gasteiger partial charge in [0.05, 0.1) is 29.3 Å². The summed E-state index contributed by atoms with van der Waals surface area (Å²) < 4.78 is 19.1. The van der Waals surface area contributed by atoms with Crippen molar-refractivity contribution in [3.63, 3.8) is 0 Å². The Morgan fingerprint density at radius 3 is 2.55 bits per heavy atom. The zero-order valence-corrected chi connectivity index (χ0v) is 18.2. The molecule has 0 atom stereocenters. The van der Waals surface area contributed by atoms with Crippen LogP contribution in [0.15, 0.2) is 71.5 Å². The van der Waals surface area contributed by atoms with Crippen LogP contribution in [0.4, 0.5) is 4.39 Å². The molecule has 7 nitrogen and oxygen atoms in total. The van der Waals surface area contributed by atoms with Crippen molar-refractivity contribution in [1.82, 2.24) is 14.9 Å². The zero-order chi connectivity index (χ0) is 23.5. The molecule has 4 rings (SSSR count). The number of H-pyrrole nitrogens is 1. The minimum atomic E-state index is -0.528. The summed E-state index contributed by atoms with van der Waals surface area (Å²) in [6, 6.07) is 16.8. The van der Waals surface area contributed by atoms with Crippen LogP contribution in [0.2, 0.25) is 0 Å². The van der Waals surface area contributed by atoms with E-state index < -0.39 is 11.5 Å². The average molecular weight is 463 g/mol. The first-order valence-electron chi connectivity index (χ1n) is 9.88. The average Bonchev–Trinajstić information content (AvgIpc) is 2.82. The van der Waals surface area contributed by atoms with E-state index in [0.29, 0.717) is 22.2 Å². The minimum Gasteiger partial charge on any atom is -0.465 e. The molecular formula is C24H18FN3O4S. The predicted octanol–water partition coefficient (Wildman–Crippen LogP) is 3.90. The van der Waals surface area contributed by atoms with Crippen LogP contribution in [0, 0.1) is 10.6 Å². The number of aromatic nitrogens is 2. The highest BCUT2D eigenvalue weighted by Crippen LogP contribution is 2.15. The Morgan fingerprint density at radius 1 is 1.06 bits per heavy atom. The number of rotatable bonds is 5. The molecule has 0 unspecified atom stereocenters. The maximum Gasteiger partial charge on any atom is 0.337 e. The van der Waals surface area contributed by atoms with Crippen LogP contribution >= 0.6 is 12.2 Å². The fourth-order valence-corrected chi connectivity index (χ4v) is 3.67. The first-order chi connectivity index (χ1) is 15.9. The molecule has 3 aromatic carbocycles. The largest absolute Gasteiger partial charge is 0.465 e. The second kappa shape index (κ2) is 9.17. The molecule has 9 heteroatoms. The first kappa shape index (κ1) is 22.1. The number of carbonyl (C=O) groups is 2. The van der Waals surface area contributed by atoms with Gasteiger partial charge >= 0.3 is 5.97 Å². The van der Waals surface area contributed by atoms with Crippen LogP contribution in [-0.4, -0.2) is 28.5 Å². The lowest BCUT2D eigenvalue weighted by Gasteiger charge is -2.11. The number of hydrogen-bond acceptors (Lipinski definition) is 5. The van der Waals surface area contributed by atoms with Gasteiger partial charge in [0, 0.05) is 12.1 Å². The maximum absolute atomic E-state index is 13.1. The number of fused-ring (bicyclic) bond motifs is 1. The predicted molar refractivity (Wildman–Crippen MR) is 124 cm³/mol. The molecule has 0 aliphatic carbocycles. The number of benzene rings is 3. The van der Waals surface area contributed by atoms with E-state index in [0.717, 1.165) is 5.56 Å². The second-order valence-corrected chi connectivity index (χ2v) is 7.57. The summed E-state index contributed by atoms with van der Waals surface area (Å²) in [5, 5.41) is 3.09. The number of carbonyl (C=O) groups excluding carboxylic acids is 2. The molecule has 4 aromatic rings. The number of methoxy groups -OCH3 is 1. The molecule has 0 bridgehead atoms. The Bertz CT molecular complexity index is 1490. The molecule has 1 amide bonds. The van der Waals surface area contributed by atoms with Crippen LogP contribution in [0.25, 0.3) is 16.6 Å². The molecule has 0 saturated carbocycles. The monoisotopic (exact) mass is 463 g/mol. The Morgan fingerprint density at radius 2 is 1.82 bits per heavy atom. The molecule has 0 spiro atoms. The molecule has 0 aliphatic heterocycles. The van der Waals surface area contributed by atoms with E-state index in [4.69, 9.17) is 17.0 Å². The number of nitrogens with zero attached hydrogens (tertiary/aromatic N) is 1. The number of halogens is 1. The molecule has 33 heavy (non-hydrogen) atoms. The third kappa shape index (κ3) is 4.58. The van der Waals surface area contributed by atoms with Gasteiger partial charge in [-0.15, -0.1) is 0 Å². The van der Waals surface area contributed by atoms with Crippen molar-refractivity contribution in [1.29, 1.82) is 0 Å². The van der Waals surface area contributed by atoms with E-state index in [2.05, 4.69) is 10.3 Å². The highest BCUT2D eigenvalue weighted by molar-refractivity contribution is 7.71. The van der Waals surface area contributed by atoms with Crippen LogP contribution in [0.1, 0.15) is 26.3 Å². The number of nitrogens with one attached hydrogen (secondary N) is 2. The summed E-state index contributed by atoms with van der Waals surface area (Å²) in [7, 11) is 1.27. The van der Waals surface area contributed by atoms with Gasteiger partial charge in [-0.05, 0) is 66.3 Å². The van der Waals surface area contributed by atoms with Gasteiger partial charge in [0.2, 0.25) is 0 Å². The topological polar surface area (TPSA) is 93.2 Å². The summed E-state index contributed by atoms with van der Waals surface area (Å²) >= 11 is 5.38. The van der Waals surface area contributed by atoms with Crippen LogP contribution in [0.3, 0.4) is 0 Å². The van der Waals surface area contributed by atoms with Crippen molar-refractivity contribution in [2.75, 3.05) is 7.11 Å². The number of esters is 1. The van der Waals surface area contributed by atoms with Crippen molar-refractivity contribution >= 4 is 35.0 Å². The van der Waals surface area contributed by atoms with Crippen LogP contribution in [0.5, 0.6) is 0 Å². The number of amides is 1. The Hall–Kier alpha value is -4.11. The van der Waals surface area contributed by atoms with E-state index in [1.54, 1.807) is 36.4 Å². The maximum atomic E-state index is 13.1. The normalized spacial score (nSPS) is 10.7. The molecular weight excluding hydrogens is 445 g/mol. The fraction of sp³-hybridized carbons (Fsp3) is 0.0833. The molecule has 166 valence electrons. The van der Waals surface area contributed by atoms with Crippen molar-refractivity contribution < 1.29 is 18.7 Å². The third-order valence-corrected chi connectivity index (χ3v) is 5.34. The van der Waals surface area contributed by atoms with Gasteiger partial charge in [-0.25, -0.2) is 9.18 Å². The van der Waals surface area contributed by atoms with Crippen LogP contribution < -0.4 is 10.9 Å². The molecule has 0 radical (unpaired) electrons. The van der Waals surface area contributed by atoms with E-state index in [9.17, 15) is 18.8 Å². The molecule has 0 saturated heterocycles. The van der Waals surface area contributed by atoms with E-state index >= 15 is 0 Å². The summed E-state index contributed by atoms with van der Waals surface area (Å²) in [5.41, 5.74) is 1.78. The van der Waals surface area contributed by atoms with E-state index in [1.165, 1.54) is 42.0 Å². The van der Waals surface area contributed by atoms with E-state index in [1.807, 2.05) is 0 Å². The molecule has 2 N–H and O–H groups in total. The lowest BCUT2D eigenvalue weighted by atomic mass is 10.1. The Kier molecular flexibility index (Phi) is 6.14. The van der Waals surface area contributed by atoms with Crippen molar-refractivity contribution in [2.24, 2.45) is 0 Å². The van der Waals surface area contributed by atoms with Crippen molar-refractivity contribution in [3.8, 4) is 5.69 Å². The SMILES string of the molecule is COC(=O)c1ccc2c(=O)n(-c3cccc(C(=O)NCc4ccc(F)cc4)c3)c(=S)[nH]c2c1. The summed E-state index contributed by atoms with van der Waals surface area (Å²) in [5.74, 6) is -1.23. The van der Waals surface area contributed by atoms with Gasteiger partial charge in [-0.3, -0.25) is 14.2 Å². The molecule has 1 heterocycles. The fourth-order valence-electron chi connectivity index (χ4n) is 3.37. The molecule has 0 aliphatic rings. The van der Waals surface area contributed by atoms with Crippen LogP contribution in [-0.2, 0) is 11.3 Å². The Balaban J connectivity index is 1.66. The summed E-state index contributed by atoms with van der Waals surface area (Å²) in [6.07, 6.45) is 0. The quantitative estimate of drug-likeness (QED) is 0.346. The second-order valence-electron chi connectivity index (χ2n) is 7.18. The third-order valence-electron chi connectivity index (χ3n) is 5.05. The van der Waals surface area contributed by atoms with Gasteiger partial charge in [0.15, 0.2) is 4.77 Å². The highest BCUT2D eigenvalue weighted by Gasteiger charge is 2.13. The minimum absolute atomic E-state index is 0.110. The van der Waals surface area contributed by atoms with Gasteiger partial charge in [-0.2, -0.15) is 0 Å². The standard InChI is InChI=1S/C24H18FN3O4S/c1-32-23(31)16-7-10-19-20(12-16)27-24(33)28(22(19)30)18-4-2-3-15(11-18)21(29)26-13-14-5-8-17(25)9-6-14/h2-12H,13H2,1H3,(H,26,29)(H,27,33). The summed E-state index contributed by atoms with van der Waals surface area (Å²) in [4.78, 5) is 40.5. The van der Waals surface area contributed by atoms with Gasteiger partial charge in [-0.1, -0.05) is 18.2 Å². The number of aromatic amines is 1. The highest BCUT2D eigenvalue weighted by atomic mass is 32.1. The number of ether oxygens (including phenoxy) is 1. The van der Waals surface area contributed by atoms with E-state index in [-0.39, 0.29) is 28.6 Å². The lowest BCUT2D eigenvalue weighted by molar-refractivity contribution is 0.0600. The van der Waals surface area contributed by atoms with Gasteiger partial charge < -0.3 is 15.0 Å². The Labute approximate surface area is 192 Å². The smallest absolute Gasteiger partial charge is 0.337 e. The van der Waals surface area contributed by atoms with Gasteiger partial charge in [0.1, 0.15) is 5.82 Å².